The molecule has 2 aromatic heterocycles. The molecular formula is C17H19ClN8O4S2. The van der Waals surface area contributed by atoms with Crippen LogP contribution >= 0.6 is 35.1 Å². The van der Waals surface area contributed by atoms with Gasteiger partial charge in [0.2, 0.25) is 11.1 Å². The Labute approximate surface area is 195 Å². The molecule has 2 aromatic rings. The second-order valence-electron chi connectivity index (χ2n) is 7.23. The quantitative estimate of drug-likeness (QED) is 0.400. The molecule has 2 amide bonds. The van der Waals surface area contributed by atoms with Crippen LogP contribution in [0.5, 0.6) is 0 Å². The van der Waals surface area contributed by atoms with Gasteiger partial charge in [0.05, 0.1) is 16.4 Å². The Morgan fingerprint density at radius 2 is 2.12 bits per heavy atom. The van der Waals surface area contributed by atoms with Crippen molar-refractivity contribution in [1.82, 2.24) is 40.2 Å². The predicted octanol–water partition coefficient (Wildman–Crippen LogP) is 0.208. The Kier molecular flexibility index (Phi) is 6.18. The molecule has 12 nitrogen and oxygen atoms in total. The number of halogens is 1. The lowest BCUT2D eigenvalue weighted by Crippen LogP contribution is -2.70. The average Bonchev–Trinajstić information content (AvgIpc) is 3.27. The molecule has 0 spiro atoms. The highest BCUT2D eigenvalue weighted by Crippen LogP contribution is 2.41. The summed E-state index contributed by atoms with van der Waals surface area (Å²) in [6.07, 6.45) is 0. The molecule has 32 heavy (non-hydrogen) atoms. The van der Waals surface area contributed by atoms with E-state index in [1.807, 2.05) is 0 Å². The molecule has 1 saturated heterocycles. The number of aliphatic carboxylic acids is 1. The molecule has 0 bridgehead atoms. The standard InChI is InChI=1S/C17H19ClN8O4S2/c1-7-11(18)8(2)25(21-7)4-10(27)19-12-14(28)26-13(16(29)30)9(5-31-15(12)26)6-32-17-20-22-23-24(17)3/h12,15H,4-6H2,1-3H3,(H,19,27)(H,29,30)/t12-,15+/m0/s1. The number of nitrogens with zero attached hydrogens (tertiary/aromatic N) is 7. The van der Waals surface area contributed by atoms with Gasteiger partial charge in [-0.15, -0.1) is 16.9 Å². The van der Waals surface area contributed by atoms with Crippen LogP contribution in [0.25, 0.3) is 0 Å². The summed E-state index contributed by atoms with van der Waals surface area (Å²) >= 11 is 8.81. The van der Waals surface area contributed by atoms with Crippen molar-refractivity contribution in [2.75, 3.05) is 11.5 Å². The van der Waals surface area contributed by atoms with Crippen LogP contribution in [-0.2, 0) is 28.0 Å². The smallest absolute Gasteiger partial charge is 0.352 e. The van der Waals surface area contributed by atoms with E-state index in [1.54, 1.807) is 20.9 Å². The van der Waals surface area contributed by atoms with Gasteiger partial charge in [-0.2, -0.15) is 5.10 Å². The highest BCUT2D eigenvalue weighted by Gasteiger charge is 2.54. The maximum atomic E-state index is 12.8. The minimum absolute atomic E-state index is 0.0443. The van der Waals surface area contributed by atoms with Gasteiger partial charge < -0.3 is 10.4 Å². The first-order valence-electron chi connectivity index (χ1n) is 9.43. The van der Waals surface area contributed by atoms with Crippen molar-refractivity contribution in [3.8, 4) is 0 Å². The number of amides is 2. The van der Waals surface area contributed by atoms with Gasteiger partial charge in [0.15, 0.2) is 0 Å². The van der Waals surface area contributed by atoms with E-state index < -0.39 is 29.2 Å². The summed E-state index contributed by atoms with van der Waals surface area (Å²) in [6.45, 7) is 3.41. The molecule has 2 N–H and O–H groups in total. The predicted molar refractivity (Wildman–Crippen MR) is 116 cm³/mol. The van der Waals surface area contributed by atoms with E-state index >= 15 is 0 Å². The van der Waals surface area contributed by atoms with Crippen LogP contribution in [0.3, 0.4) is 0 Å². The lowest BCUT2D eigenvalue weighted by Gasteiger charge is -2.49. The summed E-state index contributed by atoms with van der Waals surface area (Å²) in [6, 6.07) is -0.800. The zero-order valence-corrected chi connectivity index (χ0v) is 19.7. The number of carbonyl (C=O) groups excluding carboxylic acids is 2. The molecule has 2 aliphatic rings. The molecule has 15 heteroatoms. The molecule has 2 atom stereocenters. The van der Waals surface area contributed by atoms with Gasteiger partial charge in [-0.3, -0.25) is 19.2 Å². The number of fused-ring (bicyclic) bond motifs is 1. The molecule has 0 saturated carbocycles. The van der Waals surface area contributed by atoms with Gasteiger partial charge in [-0.25, -0.2) is 9.48 Å². The van der Waals surface area contributed by atoms with Crippen molar-refractivity contribution < 1.29 is 19.5 Å². The number of aryl methyl sites for hydroxylation is 2. The molecule has 0 radical (unpaired) electrons. The van der Waals surface area contributed by atoms with E-state index in [9.17, 15) is 19.5 Å². The lowest BCUT2D eigenvalue weighted by atomic mass is 10.0. The minimum atomic E-state index is -1.18. The fourth-order valence-corrected chi connectivity index (χ4v) is 5.94. The Balaban J connectivity index is 1.44. The molecule has 170 valence electrons. The SMILES string of the molecule is Cc1nn(CC(=O)N[C@H]2C(=O)N3C(C(=O)O)=C(CSc4nnnn4C)CS[C@H]23)c(C)c1Cl. The highest BCUT2D eigenvalue weighted by atomic mass is 35.5. The van der Waals surface area contributed by atoms with Crippen molar-refractivity contribution in [2.24, 2.45) is 7.05 Å². The van der Waals surface area contributed by atoms with Crippen molar-refractivity contribution in [3.05, 3.63) is 27.7 Å². The van der Waals surface area contributed by atoms with E-state index in [2.05, 4.69) is 25.9 Å². The first kappa shape index (κ1) is 22.6. The normalized spacial score (nSPS) is 20.2. The first-order valence-corrected chi connectivity index (χ1v) is 11.8. The van der Waals surface area contributed by atoms with E-state index in [0.29, 0.717) is 38.6 Å². The highest BCUT2D eigenvalue weighted by molar-refractivity contribution is 8.01. The van der Waals surface area contributed by atoms with Crippen molar-refractivity contribution in [2.45, 2.75) is 37.0 Å². The maximum absolute atomic E-state index is 12.8. The number of nitrogens with one attached hydrogen (secondary N) is 1. The number of rotatable bonds is 7. The summed E-state index contributed by atoms with van der Waals surface area (Å²) in [5.41, 5.74) is 1.83. The third-order valence-electron chi connectivity index (χ3n) is 5.11. The summed E-state index contributed by atoms with van der Waals surface area (Å²) in [4.78, 5) is 38.5. The average molecular weight is 499 g/mol. The number of tetrazole rings is 1. The zero-order chi connectivity index (χ0) is 23.2. The van der Waals surface area contributed by atoms with Gasteiger partial charge in [-0.1, -0.05) is 23.4 Å². The first-order chi connectivity index (χ1) is 15.2. The summed E-state index contributed by atoms with van der Waals surface area (Å²) in [5, 5.41) is 28.4. The third-order valence-corrected chi connectivity index (χ3v) is 8.09. The number of carbonyl (C=O) groups is 3. The number of hydrogen-bond acceptors (Lipinski definition) is 9. The molecule has 0 aromatic carbocycles. The molecule has 0 unspecified atom stereocenters. The minimum Gasteiger partial charge on any atom is -0.477 e. The molecule has 4 heterocycles. The molecular weight excluding hydrogens is 480 g/mol. The number of aromatic nitrogens is 6. The van der Waals surface area contributed by atoms with E-state index in [1.165, 1.54) is 37.8 Å². The monoisotopic (exact) mass is 498 g/mol. The van der Waals surface area contributed by atoms with Gasteiger partial charge >= 0.3 is 5.97 Å². The second-order valence-corrected chi connectivity index (χ2v) is 9.65. The van der Waals surface area contributed by atoms with Crippen molar-refractivity contribution in [3.63, 3.8) is 0 Å². The van der Waals surface area contributed by atoms with Gasteiger partial charge in [0, 0.05) is 18.6 Å². The molecule has 4 rings (SSSR count). The van der Waals surface area contributed by atoms with Crippen LogP contribution in [0.1, 0.15) is 11.4 Å². The fraction of sp³-hybridized carbons (Fsp3) is 0.471. The molecule has 0 aliphatic carbocycles. The molecule has 2 aliphatic heterocycles. The number of thioether (sulfide) groups is 2. The Bertz CT molecular complexity index is 1150. The summed E-state index contributed by atoms with van der Waals surface area (Å²) in [7, 11) is 1.69. The van der Waals surface area contributed by atoms with Crippen LogP contribution in [-0.4, -0.2) is 80.7 Å². The van der Waals surface area contributed by atoms with E-state index in [0.717, 1.165) is 0 Å². The second kappa shape index (κ2) is 8.75. The summed E-state index contributed by atoms with van der Waals surface area (Å²) in [5.74, 6) is -1.30. The van der Waals surface area contributed by atoms with Crippen LogP contribution in [0.2, 0.25) is 5.02 Å². The van der Waals surface area contributed by atoms with Gasteiger partial charge in [0.1, 0.15) is 23.7 Å². The fourth-order valence-electron chi connectivity index (χ4n) is 3.47. The summed E-state index contributed by atoms with van der Waals surface area (Å²) < 4.78 is 2.96. The van der Waals surface area contributed by atoms with Crippen LogP contribution in [0, 0.1) is 13.8 Å². The van der Waals surface area contributed by atoms with E-state index in [4.69, 9.17) is 11.6 Å². The maximum Gasteiger partial charge on any atom is 0.352 e. The van der Waals surface area contributed by atoms with Crippen molar-refractivity contribution >= 4 is 52.9 Å². The number of hydrogen-bond donors (Lipinski definition) is 2. The number of carboxylic acids is 1. The lowest BCUT2D eigenvalue weighted by molar-refractivity contribution is -0.150. The number of carboxylic acid groups (broad SMARTS) is 1. The largest absolute Gasteiger partial charge is 0.477 e. The zero-order valence-electron chi connectivity index (χ0n) is 17.3. The topological polar surface area (TPSA) is 148 Å². The molecule has 1 fully saturated rings. The van der Waals surface area contributed by atoms with Crippen molar-refractivity contribution in [1.29, 1.82) is 0 Å². The van der Waals surface area contributed by atoms with Crippen LogP contribution < -0.4 is 5.32 Å². The van der Waals surface area contributed by atoms with Gasteiger partial charge in [-0.05, 0) is 29.8 Å². The Morgan fingerprint density at radius 3 is 2.72 bits per heavy atom. The van der Waals surface area contributed by atoms with E-state index in [-0.39, 0.29) is 12.2 Å². The Morgan fingerprint density at radius 1 is 1.38 bits per heavy atom. The van der Waals surface area contributed by atoms with Crippen LogP contribution in [0.4, 0.5) is 0 Å². The van der Waals surface area contributed by atoms with Gasteiger partial charge in [0.25, 0.3) is 5.91 Å². The van der Waals surface area contributed by atoms with Crippen LogP contribution in [0.15, 0.2) is 16.4 Å². The number of β-lactam (4-membered cyclic amide) rings is 1. The Hall–Kier alpha value is -2.58. The third kappa shape index (κ3) is 3.97.